The maximum absolute atomic E-state index is 12.5. The number of ether oxygens (including phenoxy) is 1. The van der Waals surface area contributed by atoms with Crippen molar-refractivity contribution in [3.63, 3.8) is 0 Å². The van der Waals surface area contributed by atoms with Gasteiger partial charge in [-0.3, -0.25) is 0 Å². The molecule has 4 nitrogen and oxygen atoms in total. The lowest BCUT2D eigenvalue weighted by molar-refractivity contribution is -0.658. The third-order valence-electron chi connectivity index (χ3n) is 6.56. The summed E-state index contributed by atoms with van der Waals surface area (Å²) < 4.78 is 31.7. The van der Waals surface area contributed by atoms with Gasteiger partial charge in [-0.15, -0.1) is 0 Å². The van der Waals surface area contributed by atoms with Crippen molar-refractivity contribution in [1.82, 2.24) is 0 Å². The number of alkyl halides is 2. The quantitative estimate of drug-likeness (QED) is 0.517. The summed E-state index contributed by atoms with van der Waals surface area (Å²) in [4.78, 5) is 2.11. The van der Waals surface area contributed by atoms with E-state index in [4.69, 9.17) is 0 Å². The molecule has 1 atom stereocenters. The van der Waals surface area contributed by atoms with Crippen molar-refractivity contribution in [2.24, 2.45) is 0 Å². The number of amidine groups is 1. The highest BCUT2D eigenvalue weighted by molar-refractivity contribution is 5.96. The number of hydrogen-bond donors (Lipinski definition) is 1. The van der Waals surface area contributed by atoms with E-state index in [1.807, 2.05) is 30.3 Å². The number of hydrogen-bond acceptors (Lipinski definition) is 3. The molecule has 0 spiro atoms. The summed E-state index contributed by atoms with van der Waals surface area (Å²) in [5, 5.41) is 12.0. The molecular formula is C27H27BrF2N2O2. The number of benzene rings is 3. The van der Waals surface area contributed by atoms with Crippen LogP contribution in [0.15, 0.2) is 78.9 Å². The van der Waals surface area contributed by atoms with Gasteiger partial charge in [-0.25, -0.2) is 9.48 Å². The van der Waals surface area contributed by atoms with Gasteiger partial charge in [0.05, 0.1) is 6.54 Å². The maximum Gasteiger partial charge on any atom is 0.387 e. The number of rotatable bonds is 5. The molecule has 34 heavy (non-hydrogen) atoms. The van der Waals surface area contributed by atoms with Crippen LogP contribution < -0.4 is 26.6 Å². The van der Waals surface area contributed by atoms with E-state index in [0.29, 0.717) is 6.54 Å². The molecule has 0 amide bonds. The Bertz CT molecular complexity index is 1140. The molecule has 0 bridgehead atoms. The normalized spacial score (nSPS) is 20.1. The highest BCUT2D eigenvalue weighted by Crippen LogP contribution is 2.36. The molecule has 178 valence electrons. The molecule has 0 aromatic heterocycles. The molecule has 0 saturated heterocycles. The number of halogens is 3. The lowest BCUT2D eigenvalue weighted by atomic mass is 9.98. The predicted octanol–water partition coefficient (Wildman–Crippen LogP) is 2.61. The highest BCUT2D eigenvalue weighted by atomic mass is 79.9. The Hall–Kier alpha value is -2.77. The molecular weight excluding hydrogens is 502 g/mol. The van der Waals surface area contributed by atoms with Gasteiger partial charge in [-0.1, -0.05) is 54.6 Å². The lowest BCUT2D eigenvalue weighted by Crippen LogP contribution is -3.00. The maximum atomic E-state index is 12.5. The highest BCUT2D eigenvalue weighted by Gasteiger charge is 2.51. The molecule has 1 N–H and O–H groups in total. The van der Waals surface area contributed by atoms with Crippen molar-refractivity contribution < 1.29 is 40.2 Å². The average molecular weight is 529 g/mol. The first kappa shape index (κ1) is 24.4. The van der Waals surface area contributed by atoms with Gasteiger partial charge in [0.1, 0.15) is 11.4 Å². The minimum atomic E-state index is -2.85. The summed E-state index contributed by atoms with van der Waals surface area (Å²) in [5.41, 5.74) is 2.79. The van der Waals surface area contributed by atoms with Gasteiger partial charge >= 0.3 is 6.61 Å². The van der Waals surface area contributed by atoms with E-state index in [0.717, 1.165) is 60.4 Å². The van der Waals surface area contributed by atoms with E-state index in [9.17, 15) is 13.9 Å². The molecule has 2 aliphatic rings. The zero-order valence-electron chi connectivity index (χ0n) is 18.7. The van der Waals surface area contributed by atoms with Crippen molar-refractivity contribution in [3.8, 4) is 16.9 Å². The van der Waals surface area contributed by atoms with Gasteiger partial charge in [0, 0.05) is 12.0 Å². The van der Waals surface area contributed by atoms with Gasteiger partial charge in [-0.2, -0.15) is 8.78 Å². The molecule has 0 aliphatic carbocycles. The van der Waals surface area contributed by atoms with Crippen LogP contribution >= 0.6 is 0 Å². The smallest absolute Gasteiger partial charge is 0.387 e. The second kappa shape index (κ2) is 10.2. The zero-order valence-corrected chi connectivity index (χ0v) is 20.3. The summed E-state index contributed by atoms with van der Waals surface area (Å²) in [7, 11) is 0. The van der Waals surface area contributed by atoms with Crippen LogP contribution in [0.25, 0.3) is 11.1 Å². The van der Waals surface area contributed by atoms with Gasteiger partial charge in [0.2, 0.25) is 0 Å². The van der Waals surface area contributed by atoms with Crippen LogP contribution in [0.4, 0.5) is 14.5 Å². The SMILES string of the molecule is OC1(c2ccc(-c3ccccc3)cc2)CN(c2ccc(OC(F)F)cc2)C2=[N+]1CCCCC2.[Br-]. The molecule has 0 fully saturated rings. The number of β-amino-alcohol motifs (C(OH)–C–C–N with tert-alkyl or cyclic N) is 1. The minimum Gasteiger partial charge on any atom is -1.00 e. The summed E-state index contributed by atoms with van der Waals surface area (Å²) in [6.45, 7) is -1.70. The lowest BCUT2D eigenvalue weighted by Gasteiger charge is -2.24. The van der Waals surface area contributed by atoms with Crippen molar-refractivity contribution in [1.29, 1.82) is 0 Å². The van der Waals surface area contributed by atoms with E-state index in [1.165, 1.54) is 0 Å². The van der Waals surface area contributed by atoms with E-state index in [-0.39, 0.29) is 22.7 Å². The van der Waals surface area contributed by atoms with Crippen LogP contribution in [-0.4, -0.2) is 35.2 Å². The van der Waals surface area contributed by atoms with Crippen LogP contribution in [0.1, 0.15) is 31.2 Å². The van der Waals surface area contributed by atoms with Crippen LogP contribution in [0.3, 0.4) is 0 Å². The van der Waals surface area contributed by atoms with Crippen molar-refractivity contribution in [2.75, 3.05) is 18.0 Å². The molecule has 2 aliphatic heterocycles. The van der Waals surface area contributed by atoms with Crippen molar-refractivity contribution in [3.05, 3.63) is 84.4 Å². The van der Waals surface area contributed by atoms with Crippen LogP contribution in [0, 0.1) is 0 Å². The standard InChI is InChI=1S/C27H27F2N2O2.BrH/c28-26(29)33-24-16-14-23(15-17-24)30-19-27(32,31-18-6-2-5-9-25(30)31)22-12-10-21(11-13-22)20-7-3-1-4-8-20;/h1,3-4,7-8,10-17,26,32H,2,5-6,9,18-19H2;1H/q+1;/p-1. The largest absolute Gasteiger partial charge is 1.00 e. The molecule has 2 heterocycles. The van der Waals surface area contributed by atoms with Crippen molar-refractivity contribution >= 4 is 11.5 Å². The third-order valence-corrected chi connectivity index (χ3v) is 6.56. The second-order valence-electron chi connectivity index (χ2n) is 8.60. The average Bonchev–Trinajstić information content (AvgIpc) is 2.98. The van der Waals surface area contributed by atoms with Crippen LogP contribution in [0.5, 0.6) is 5.75 Å². The van der Waals surface area contributed by atoms with Gasteiger partial charge in [-0.05, 0) is 54.7 Å². The Balaban J connectivity index is 0.00000274. The summed E-state index contributed by atoms with van der Waals surface area (Å²) in [5.74, 6) is 1.20. The van der Waals surface area contributed by atoms with Crippen LogP contribution in [-0.2, 0) is 5.72 Å². The van der Waals surface area contributed by atoms with E-state index in [2.05, 4.69) is 38.5 Å². The van der Waals surface area contributed by atoms with Gasteiger partial charge in [0.25, 0.3) is 11.6 Å². The molecule has 7 heteroatoms. The summed E-state index contributed by atoms with van der Waals surface area (Å²) in [6.07, 6.45) is 4.04. The number of nitrogens with zero attached hydrogens (tertiary/aromatic N) is 2. The Morgan fingerprint density at radius 2 is 1.53 bits per heavy atom. The number of aliphatic hydroxyl groups is 1. The molecule has 3 aromatic carbocycles. The summed E-state index contributed by atoms with van der Waals surface area (Å²) in [6, 6.07) is 25.0. The molecule has 0 radical (unpaired) electrons. The van der Waals surface area contributed by atoms with E-state index < -0.39 is 12.3 Å². The predicted molar refractivity (Wildman–Crippen MR) is 125 cm³/mol. The third kappa shape index (κ3) is 4.72. The Morgan fingerprint density at radius 3 is 2.21 bits per heavy atom. The molecule has 1 unspecified atom stereocenters. The van der Waals surface area contributed by atoms with E-state index in [1.54, 1.807) is 24.3 Å². The molecule has 0 saturated carbocycles. The zero-order chi connectivity index (χ0) is 22.8. The van der Waals surface area contributed by atoms with E-state index >= 15 is 0 Å². The first-order chi connectivity index (χ1) is 16.0. The minimum absolute atomic E-state index is 0. The van der Waals surface area contributed by atoms with Gasteiger partial charge in [0.15, 0.2) is 6.54 Å². The van der Waals surface area contributed by atoms with Gasteiger partial charge < -0.3 is 26.8 Å². The second-order valence-corrected chi connectivity index (χ2v) is 8.60. The fourth-order valence-corrected chi connectivity index (χ4v) is 4.93. The van der Waals surface area contributed by atoms with Crippen molar-refractivity contribution in [2.45, 2.75) is 38.0 Å². The Morgan fingerprint density at radius 1 is 0.853 bits per heavy atom. The number of anilines is 1. The molecule has 3 aromatic rings. The fourth-order valence-electron chi connectivity index (χ4n) is 4.93. The first-order valence-electron chi connectivity index (χ1n) is 11.4. The summed E-state index contributed by atoms with van der Waals surface area (Å²) >= 11 is 0. The first-order valence-corrected chi connectivity index (χ1v) is 11.4. The molecule has 5 rings (SSSR count). The van der Waals surface area contributed by atoms with Crippen LogP contribution in [0.2, 0.25) is 0 Å². The monoisotopic (exact) mass is 528 g/mol. The fraction of sp³-hybridized carbons (Fsp3) is 0.296. The Labute approximate surface area is 208 Å². The Kier molecular flexibility index (Phi) is 7.33. The topological polar surface area (TPSA) is 35.7 Å².